The van der Waals surface area contributed by atoms with Crippen molar-refractivity contribution in [2.75, 3.05) is 14.2 Å². The van der Waals surface area contributed by atoms with Crippen LogP contribution in [0, 0.1) is 0 Å². The summed E-state index contributed by atoms with van der Waals surface area (Å²) in [6, 6.07) is 5.56. The highest BCUT2D eigenvalue weighted by Crippen LogP contribution is 2.33. The second-order valence-electron chi connectivity index (χ2n) is 6.40. The number of hydrogen-bond acceptors (Lipinski definition) is 3. The number of nitrogens with one attached hydrogen (secondary N) is 1. The normalized spacial score (nSPS) is 11.9. The van der Waals surface area contributed by atoms with Crippen LogP contribution in [0.3, 0.4) is 0 Å². The maximum atomic E-state index is 12.5. The van der Waals surface area contributed by atoms with Gasteiger partial charge in [0.2, 0.25) is 5.91 Å². The third kappa shape index (κ3) is 3.65. The maximum absolute atomic E-state index is 12.5. The predicted molar refractivity (Wildman–Crippen MR) is 80.5 cm³/mol. The van der Waals surface area contributed by atoms with Gasteiger partial charge < -0.3 is 14.8 Å². The quantitative estimate of drug-likeness (QED) is 0.922. The van der Waals surface area contributed by atoms with Gasteiger partial charge in [-0.1, -0.05) is 6.07 Å². The largest absolute Gasteiger partial charge is 0.493 e. The lowest BCUT2D eigenvalue weighted by Gasteiger charge is -2.30. The molecule has 0 atom stereocenters. The lowest BCUT2D eigenvalue weighted by atomic mass is 9.82. The van der Waals surface area contributed by atoms with E-state index >= 15 is 0 Å². The van der Waals surface area contributed by atoms with E-state index in [4.69, 9.17) is 9.47 Å². The predicted octanol–water partition coefficient (Wildman–Crippen LogP) is 2.90. The Morgan fingerprint density at radius 2 is 1.55 bits per heavy atom. The van der Waals surface area contributed by atoms with Crippen LogP contribution in [0.5, 0.6) is 11.5 Å². The van der Waals surface area contributed by atoms with Crippen LogP contribution in [-0.2, 0) is 10.2 Å². The Morgan fingerprint density at radius 1 is 1.00 bits per heavy atom. The Kier molecular flexibility index (Phi) is 4.69. The van der Waals surface area contributed by atoms with Gasteiger partial charge in [0.1, 0.15) is 0 Å². The second kappa shape index (κ2) is 5.73. The average molecular weight is 279 g/mol. The van der Waals surface area contributed by atoms with E-state index in [-0.39, 0.29) is 11.4 Å². The zero-order chi connectivity index (χ0) is 15.6. The molecular formula is C16H25NO3. The fraction of sp³-hybridized carbons (Fsp3) is 0.562. The highest BCUT2D eigenvalue weighted by atomic mass is 16.5. The summed E-state index contributed by atoms with van der Waals surface area (Å²) >= 11 is 0. The van der Waals surface area contributed by atoms with Crippen LogP contribution >= 0.6 is 0 Å². The number of methoxy groups -OCH3 is 2. The average Bonchev–Trinajstić information content (AvgIpc) is 2.35. The van der Waals surface area contributed by atoms with Crippen molar-refractivity contribution in [2.45, 2.75) is 45.6 Å². The molecule has 4 nitrogen and oxygen atoms in total. The highest BCUT2D eigenvalue weighted by molar-refractivity contribution is 5.88. The summed E-state index contributed by atoms with van der Waals surface area (Å²) in [5.74, 6) is 1.27. The van der Waals surface area contributed by atoms with Crippen molar-refractivity contribution in [2.24, 2.45) is 0 Å². The lowest BCUT2D eigenvalue weighted by molar-refractivity contribution is -0.127. The molecule has 0 aliphatic carbocycles. The molecule has 0 aliphatic heterocycles. The molecule has 0 heterocycles. The monoisotopic (exact) mass is 279 g/mol. The van der Waals surface area contributed by atoms with Crippen LogP contribution in [-0.4, -0.2) is 25.7 Å². The van der Waals surface area contributed by atoms with Crippen LogP contribution in [0.15, 0.2) is 18.2 Å². The molecule has 112 valence electrons. The summed E-state index contributed by atoms with van der Waals surface area (Å²) in [6.45, 7) is 9.70. The van der Waals surface area contributed by atoms with E-state index in [9.17, 15) is 4.79 Å². The van der Waals surface area contributed by atoms with Crippen LogP contribution in [0.25, 0.3) is 0 Å². The fourth-order valence-electron chi connectivity index (χ4n) is 1.85. The molecule has 1 N–H and O–H groups in total. The molecule has 1 rings (SSSR count). The summed E-state index contributed by atoms with van der Waals surface area (Å²) in [4.78, 5) is 12.5. The van der Waals surface area contributed by atoms with Gasteiger partial charge in [0.25, 0.3) is 0 Å². The summed E-state index contributed by atoms with van der Waals surface area (Å²) in [5.41, 5.74) is -0.0190. The molecule has 0 unspecified atom stereocenters. The molecule has 0 bridgehead atoms. The van der Waals surface area contributed by atoms with E-state index in [2.05, 4.69) is 5.32 Å². The maximum Gasteiger partial charge on any atom is 0.230 e. The van der Waals surface area contributed by atoms with Crippen molar-refractivity contribution in [1.29, 1.82) is 0 Å². The van der Waals surface area contributed by atoms with E-state index in [1.54, 1.807) is 14.2 Å². The molecule has 0 aliphatic rings. The van der Waals surface area contributed by atoms with Crippen molar-refractivity contribution < 1.29 is 14.3 Å². The SMILES string of the molecule is COc1ccc(C(C)(C)C(=O)NC(C)(C)C)cc1OC. The Labute approximate surface area is 121 Å². The zero-order valence-electron chi connectivity index (χ0n) is 13.5. The number of carbonyl (C=O) groups excluding carboxylic acids is 1. The van der Waals surface area contributed by atoms with E-state index in [0.717, 1.165) is 5.56 Å². The molecule has 0 fully saturated rings. The van der Waals surface area contributed by atoms with E-state index in [0.29, 0.717) is 11.5 Å². The Balaban J connectivity index is 3.12. The minimum Gasteiger partial charge on any atom is -0.493 e. The van der Waals surface area contributed by atoms with Crippen molar-refractivity contribution in [3.8, 4) is 11.5 Å². The van der Waals surface area contributed by atoms with Crippen LogP contribution in [0.2, 0.25) is 0 Å². The number of carbonyl (C=O) groups is 1. The third-order valence-corrected chi connectivity index (χ3v) is 3.16. The van der Waals surface area contributed by atoms with Gasteiger partial charge in [0, 0.05) is 5.54 Å². The van der Waals surface area contributed by atoms with Crippen molar-refractivity contribution in [1.82, 2.24) is 5.32 Å². The number of benzene rings is 1. The van der Waals surface area contributed by atoms with E-state index in [1.807, 2.05) is 52.8 Å². The lowest BCUT2D eigenvalue weighted by Crippen LogP contribution is -2.48. The smallest absolute Gasteiger partial charge is 0.230 e. The summed E-state index contributed by atoms with van der Waals surface area (Å²) < 4.78 is 10.5. The van der Waals surface area contributed by atoms with E-state index in [1.165, 1.54) is 0 Å². The number of rotatable bonds is 4. The topological polar surface area (TPSA) is 47.6 Å². The summed E-state index contributed by atoms with van der Waals surface area (Å²) in [7, 11) is 3.18. The first-order valence-corrected chi connectivity index (χ1v) is 6.67. The first kappa shape index (κ1) is 16.3. The molecular weight excluding hydrogens is 254 g/mol. The molecule has 0 radical (unpaired) electrons. The summed E-state index contributed by atoms with van der Waals surface area (Å²) in [5, 5.41) is 3.01. The Hall–Kier alpha value is -1.71. The number of amides is 1. The molecule has 1 aromatic rings. The third-order valence-electron chi connectivity index (χ3n) is 3.16. The minimum atomic E-state index is -0.646. The molecule has 4 heteroatoms. The highest BCUT2D eigenvalue weighted by Gasteiger charge is 2.32. The van der Waals surface area contributed by atoms with Crippen LogP contribution < -0.4 is 14.8 Å². The molecule has 0 aromatic heterocycles. The first-order valence-electron chi connectivity index (χ1n) is 6.67. The Bertz CT molecular complexity index is 487. The molecule has 1 aromatic carbocycles. The van der Waals surface area contributed by atoms with Crippen molar-refractivity contribution in [3.05, 3.63) is 23.8 Å². The summed E-state index contributed by atoms with van der Waals surface area (Å²) in [6.07, 6.45) is 0. The van der Waals surface area contributed by atoms with Gasteiger partial charge >= 0.3 is 0 Å². The Morgan fingerprint density at radius 3 is 2.00 bits per heavy atom. The van der Waals surface area contributed by atoms with Gasteiger partial charge in [-0.2, -0.15) is 0 Å². The molecule has 1 amide bonds. The molecule has 0 saturated heterocycles. The van der Waals surface area contributed by atoms with Gasteiger partial charge in [-0.25, -0.2) is 0 Å². The van der Waals surface area contributed by atoms with Gasteiger partial charge in [-0.05, 0) is 52.3 Å². The minimum absolute atomic E-state index is 0.0165. The first-order chi connectivity index (χ1) is 9.11. The molecule has 0 saturated carbocycles. The standard InChI is InChI=1S/C16H25NO3/c1-15(2,3)17-14(18)16(4,5)11-8-9-12(19-6)13(10-11)20-7/h8-10H,1-7H3,(H,17,18). The van der Waals surface area contributed by atoms with Gasteiger partial charge in [-0.15, -0.1) is 0 Å². The van der Waals surface area contributed by atoms with Gasteiger partial charge in [0.15, 0.2) is 11.5 Å². The van der Waals surface area contributed by atoms with Gasteiger partial charge in [0.05, 0.1) is 19.6 Å². The number of hydrogen-bond donors (Lipinski definition) is 1. The van der Waals surface area contributed by atoms with Crippen molar-refractivity contribution >= 4 is 5.91 Å². The molecule has 20 heavy (non-hydrogen) atoms. The number of ether oxygens (including phenoxy) is 2. The van der Waals surface area contributed by atoms with E-state index < -0.39 is 5.41 Å². The zero-order valence-corrected chi connectivity index (χ0v) is 13.5. The van der Waals surface area contributed by atoms with Crippen LogP contribution in [0.1, 0.15) is 40.2 Å². The fourth-order valence-corrected chi connectivity index (χ4v) is 1.85. The second-order valence-corrected chi connectivity index (χ2v) is 6.40. The molecule has 0 spiro atoms. The van der Waals surface area contributed by atoms with Crippen molar-refractivity contribution in [3.63, 3.8) is 0 Å². The van der Waals surface area contributed by atoms with Gasteiger partial charge in [-0.3, -0.25) is 4.79 Å². The van der Waals surface area contributed by atoms with Crippen LogP contribution in [0.4, 0.5) is 0 Å².